The number of carbonyl (C=O) groups is 1. The number of aliphatic carboxylic acids is 1. The molecule has 0 bridgehead atoms. The summed E-state index contributed by atoms with van der Waals surface area (Å²) in [5, 5.41) is 9.21. The van der Waals surface area contributed by atoms with Gasteiger partial charge in [0.15, 0.2) is 6.10 Å². The lowest BCUT2D eigenvalue weighted by Gasteiger charge is -2.29. The van der Waals surface area contributed by atoms with Gasteiger partial charge in [0, 0.05) is 18.6 Å². The van der Waals surface area contributed by atoms with Crippen LogP contribution in [-0.4, -0.2) is 54.7 Å². The molecule has 8 nitrogen and oxygen atoms in total. The van der Waals surface area contributed by atoms with Gasteiger partial charge in [0.2, 0.25) is 5.89 Å². The van der Waals surface area contributed by atoms with Crippen LogP contribution >= 0.6 is 0 Å². The summed E-state index contributed by atoms with van der Waals surface area (Å²) in [6.07, 6.45) is 3.31. The zero-order chi connectivity index (χ0) is 22.9. The average molecular weight is 448 g/mol. The molecule has 1 aliphatic carbocycles. The molecule has 2 aromatic rings. The van der Waals surface area contributed by atoms with Gasteiger partial charge in [-0.25, -0.2) is 9.78 Å². The molecule has 0 spiro atoms. The summed E-state index contributed by atoms with van der Waals surface area (Å²) in [5.74, 6) is 1.12. The number of nitrogens with zero attached hydrogens (tertiary/aromatic N) is 1. The Morgan fingerprint density at radius 3 is 2.72 bits per heavy atom. The Kier molecular flexibility index (Phi) is 9.08. The molecule has 1 N–H and O–H groups in total. The number of aromatic nitrogens is 1. The van der Waals surface area contributed by atoms with Crippen molar-refractivity contribution in [2.45, 2.75) is 70.9 Å². The maximum atomic E-state index is 11.2. The third-order valence-corrected chi connectivity index (χ3v) is 5.58. The Bertz CT molecular complexity index is 866. The van der Waals surface area contributed by atoms with E-state index in [9.17, 15) is 9.90 Å². The summed E-state index contributed by atoms with van der Waals surface area (Å²) in [4.78, 5) is 15.9. The van der Waals surface area contributed by atoms with E-state index in [1.54, 1.807) is 14.0 Å². The molecule has 1 fully saturated rings. The maximum absolute atomic E-state index is 11.2. The van der Waals surface area contributed by atoms with E-state index in [4.69, 9.17) is 23.4 Å². The summed E-state index contributed by atoms with van der Waals surface area (Å²) in [7, 11) is 1.63. The van der Waals surface area contributed by atoms with Crippen LogP contribution < -0.4 is 4.74 Å². The first-order valence-corrected chi connectivity index (χ1v) is 11.2. The molecule has 0 radical (unpaired) electrons. The van der Waals surface area contributed by atoms with Crippen LogP contribution in [0, 0.1) is 0 Å². The van der Waals surface area contributed by atoms with Crippen LogP contribution in [0.15, 0.2) is 28.7 Å². The highest BCUT2D eigenvalue weighted by Gasteiger charge is 2.26. The third kappa shape index (κ3) is 6.54. The van der Waals surface area contributed by atoms with E-state index in [0.29, 0.717) is 19.1 Å². The van der Waals surface area contributed by atoms with Gasteiger partial charge >= 0.3 is 5.97 Å². The highest BCUT2D eigenvalue weighted by atomic mass is 16.6. The van der Waals surface area contributed by atoms with Crippen molar-refractivity contribution in [3.63, 3.8) is 0 Å². The average Bonchev–Trinajstić information content (AvgIpc) is 3.24. The molecule has 1 saturated carbocycles. The van der Waals surface area contributed by atoms with Gasteiger partial charge in [-0.1, -0.05) is 13.0 Å². The molecular formula is C24H33NO7. The van der Waals surface area contributed by atoms with Crippen molar-refractivity contribution in [2.24, 2.45) is 0 Å². The van der Waals surface area contributed by atoms with Crippen LogP contribution in [0.1, 0.15) is 51.0 Å². The van der Waals surface area contributed by atoms with E-state index in [2.05, 4.69) is 4.98 Å². The van der Waals surface area contributed by atoms with E-state index in [0.717, 1.165) is 54.9 Å². The second kappa shape index (κ2) is 12.0. The van der Waals surface area contributed by atoms with Gasteiger partial charge in [0.1, 0.15) is 17.2 Å². The maximum Gasteiger partial charge on any atom is 0.335 e. The number of oxazole rings is 1. The second-order valence-electron chi connectivity index (χ2n) is 7.81. The van der Waals surface area contributed by atoms with Crippen molar-refractivity contribution in [2.75, 3.05) is 20.3 Å². The fourth-order valence-electron chi connectivity index (χ4n) is 3.87. The molecule has 1 aromatic heterocycles. The first kappa shape index (κ1) is 24.2. The Hall–Kier alpha value is -2.42. The number of carboxylic acid groups (broad SMARTS) is 1. The van der Waals surface area contributed by atoms with E-state index in [1.165, 1.54) is 0 Å². The standard InChI is InChI=1S/C24H33NO7/c1-4-21-20(25-23(32-21)16-8-6-9-17(12-16)28-3)14-30-18-10-7-11-19(13-18)31-15-22(24(26)27)29-5-2/h6,8-9,12,18-19,22H,4-5,7,10-11,13-15H2,1-3H3,(H,26,27)/t18-,19+,22?/m0/s1. The molecule has 176 valence electrons. The Morgan fingerprint density at radius 2 is 2.03 bits per heavy atom. The molecule has 1 heterocycles. The van der Waals surface area contributed by atoms with Gasteiger partial charge in [-0.15, -0.1) is 0 Å². The summed E-state index contributed by atoms with van der Waals surface area (Å²) < 4.78 is 28.5. The number of methoxy groups -OCH3 is 1. The normalized spacial score (nSPS) is 19.6. The monoisotopic (exact) mass is 447 g/mol. The molecule has 1 aliphatic rings. The number of ether oxygens (including phenoxy) is 4. The van der Waals surface area contributed by atoms with Gasteiger partial charge in [0.05, 0.1) is 32.5 Å². The minimum Gasteiger partial charge on any atom is -0.497 e. The molecule has 0 amide bonds. The molecule has 0 aliphatic heterocycles. The first-order chi connectivity index (χ1) is 15.5. The summed E-state index contributed by atoms with van der Waals surface area (Å²) >= 11 is 0. The summed E-state index contributed by atoms with van der Waals surface area (Å²) in [6.45, 7) is 4.56. The molecule has 32 heavy (non-hydrogen) atoms. The fraction of sp³-hybridized carbons (Fsp3) is 0.583. The Labute approximate surface area is 188 Å². The second-order valence-corrected chi connectivity index (χ2v) is 7.81. The highest BCUT2D eigenvalue weighted by molar-refractivity contribution is 5.72. The predicted molar refractivity (Wildman–Crippen MR) is 118 cm³/mol. The molecule has 1 unspecified atom stereocenters. The van der Waals surface area contributed by atoms with E-state index < -0.39 is 12.1 Å². The first-order valence-electron chi connectivity index (χ1n) is 11.2. The van der Waals surface area contributed by atoms with Gasteiger partial charge in [0.25, 0.3) is 0 Å². The lowest BCUT2D eigenvalue weighted by atomic mass is 9.95. The van der Waals surface area contributed by atoms with Crippen LogP contribution in [0.3, 0.4) is 0 Å². The quantitative estimate of drug-likeness (QED) is 0.515. The van der Waals surface area contributed by atoms with E-state index in [-0.39, 0.29) is 18.8 Å². The SMILES string of the molecule is CCOC(CO[C@@H]1CCC[C@H](OCc2nc(-c3cccc(OC)c3)oc2CC)C1)C(=O)O. The number of benzene rings is 1. The van der Waals surface area contributed by atoms with Crippen LogP contribution in [0.4, 0.5) is 0 Å². The third-order valence-electron chi connectivity index (χ3n) is 5.58. The van der Waals surface area contributed by atoms with Crippen molar-refractivity contribution in [1.29, 1.82) is 0 Å². The number of hydrogen-bond donors (Lipinski definition) is 1. The van der Waals surface area contributed by atoms with Crippen molar-refractivity contribution < 1.29 is 33.3 Å². The summed E-state index contributed by atoms with van der Waals surface area (Å²) in [6, 6.07) is 7.62. The molecule has 1 aromatic carbocycles. The topological polar surface area (TPSA) is 100 Å². The smallest absolute Gasteiger partial charge is 0.335 e. The van der Waals surface area contributed by atoms with Crippen LogP contribution in [0.5, 0.6) is 5.75 Å². The predicted octanol–water partition coefficient (Wildman–Crippen LogP) is 4.25. The van der Waals surface area contributed by atoms with Crippen molar-refractivity contribution in [3.05, 3.63) is 35.7 Å². The Balaban J connectivity index is 1.56. The van der Waals surface area contributed by atoms with Gasteiger partial charge < -0.3 is 28.5 Å². The highest BCUT2D eigenvalue weighted by Crippen LogP contribution is 2.28. The number of carboxylic acids is 1. The number of aryl methyl sites for hydroxylation is 1. The zero-order valence-electron chi connectivity index (χ0n) is 19.0. The van der Waals surface area contributed by atoms with E-state index in [1.807, 2.05) is 31.2 Å². The van der Waals surface area contributed by atoms with Crippen molar-refractivity contribution >= 4 is 5.97 Å². The van der Waals surface area contributed by atoms with Crippen LogP contribution in [0.25, 0.3) is 11.5 Å². The molecule has 8 heteroatoms. The lowest BCUT2D eigenvalue weighted by molar-refractivity contribution is -0.157. The fourth-order valence-corrected chi connectivity index (χ4v) is 3.87. The van der Waals surface area contributed by atoms with Gasteiger partial charge in [-0.3, -0.25) is 0 Å². The van der Waals surface area contributed by atoms with Crippen molar-refractivity contribution in [3.8, 4) is 17.2 Å². The van der Waals surface area contributed by atoms with Gasteiger partial charge in [-0.05, 0) is 50.8 Å². The number of hydrogen-bond acceptors (Lipinski definition) is 7. The van der Waals surface area contributed by atoms with Crippen LogP contribution in [0.2, 0.25) is 0 Å². The van der Waals surface area contributed by atoms with E-state index >= 15 is 0 Å². The van der Waals surface area contributed by atoms with Crippen LogP contribution in [-0.2, 0) is 32.0 Å². The molecule has 0 saturated heterocycles. The molecule has 3 atom stereocenters. The minimum absolute atomic E-state index is 0.0331. The zero-order valence-corrected chi connectivity index (χ0v) is 19.0. The van der Waals surface area contributed by atoms with Crippen molar-refractivity contribution in [1.82, 2.24) is 4.98 Å². The largest absolute Gasteiger partial charge is 0.497 e. The Morgan fingerprint density at radius 1 is 1.25 bits per heavy atom. The lowest BCUT2D eigenvalue weighted by Crippen LogP contribution is -2.34. The minimum atomic E-state index is -1.000. The summed E-state index contributed by atoms with van der Waals surface area (Å²) in [5.41, 5.74) is 1.66. The number of rotatable bonds is 12. The molecular weight excluding hydrogens is 414 g/mol. The van der Waals surface area contributed by atoms with Gasteiger partial charge in [-0.2, -0.15) is 0 Å². The molecule has 3 rings (SSSR count).